The summed E-state index contributed by atoms with van der Waals surface area (Å²) in [5.41, 5.74) is 1.27. The highest BCUT2D eigenvalue weighted by atomic mass is 16.5. The Bertz CT molecular complexity index is 322. The molecule has 0 saturated carbocycles. The zero-order valence-electron chi connectivity index (χ0n) is 10.7. The quantitative estimate of drug-likeness (QED) is 0.861. The molecule has 0 aliphatic carbocycles. The van der Waals surface area contributed by atoms with Crippen LogP contribution in [0.3, 0.4) is 0 Å². The first-order valence-corrected chi connectivity index (χ1v) is 6.47. The van der Waals surface area contributed by atoms with Crippen molar-refractivity contribution < 1.29 is 4.74 Å². The molecule has 94 valence electrons. The van der Waals surface area contributed by atoms with Crippen molar-refractivity contribution in [2.75, 3.05) is 31.1 Å². The molecule has 0 amide bonds. The number of likely N-dealkylation sites (N-methyl/N-ethyl adjacent to an activating group) is 1. The van der Waals surface area contributed by atoms with Gasteiger partial charge in [0, 0.05) is 25.3 Å². The molecule has 1 N–H and O–H groups in total. The maximum absolute atomic E-state index is 5.84. The Labute approximate surface area is 104 Å². The molecule has 0 radical (unpaired) electrons. The minimum absolute atomic E-state index is 0.281. The Morgan fingerprint density at radius 2 is 2.18 bits per heavy atom. The molecule has 17 heavy (non-hydrogen) atoms. The molecule has 1 aliphatic heterocycles. The fourth-order valence-corrected chi connectivity index (χ4v) is 2.42. The maximum atomic E-state index is 5.84. The third-order valence-corrected chi connectivity index (χ3v) is 3.41. The molecule has 2 unspecified atom stereocenters. The van der Waals surface area contributed by atoms with Crippen LogP contribution in [0.5, 0.6) is 0 Å². The van der Waals surface area contributed by atoms with Gasteiger partial charge in [-0.25, -0.2) is 0 Å². The number of nitrogens with zero attached hydrogens (tertiary/aromatic N) is 1. The van der Waals surface area contributed by atoms with E-state index in [9.17, 15) is 0 Å². The van der Waals surface area contributed by atoms with E-state index >= 15 is 0 Å². The van der Waals surface area contributed by atoms with Crippen LogP contribution in [0.1, 0.15) is 13.8 Å². The summed E-state index contributed by atoms with van der Waals surface area (Å²) in [6.45, 7) is 8.19. The molecule has 1 aromatic carbocycles. The van der Waals surface area contributed by atoms with Crippen molar-refractivity contribution in [1.82, 2.24) is 5.32 Å². The van der Waals surface area contributed by atoms with Crippen LogP contribution in [0.4, 0.5) is 5.69 Å². The normalized spacial score (nSPS) is 22.1. The first-order valence-electron chi connectivity index (χ1n) is 6.47. The van der Waals surface area contributed by atoms with Crippen molar-refractivity contribution in [2.24, 2.45) is 0 Å². The number of morpholine rings is 1. The lowest BCUT2D eigenvalue weighted by Crippen LogP contribution is -2.51. The molecular weight excluding hydrogens is 212 g/mol. The standard InChI is InChI=1S/C14H22N2O/c1-3-16(13-7-5-4-6-8-13)12(2)14-11-15-9-10-17-14/h4-8,12,14-15H,3,9-11H2,1-2H3. The molecule has 1 heterocycles. The van der Waals surface area contributed by atoms with Crippen molar-refractivity contribution >= 4 is 5.69 Å². The van der Waals surface area contributed by atoms with Crippen LogP contribution in [-0.4, -0.2) is 38.4 Å². The number of ether oxygens (including phenoxy) is 1. The number of hydrogen-bond acceptors (Lipinski definition) is 3. The molecule has 3 nitrogen and oxygen atoms in total. The summed E-state index contributed by atoms with van der Waals surface area (Å²) < 4.78 is 5.84. The Morgan fingerprint density at radius 3 is 2.76 bits per heavy atom. The van der Waals surface area contributed by atoms with E-state index in [4.69, 9.17) is 4.74 Å². The molecule has 1 aliphatic rings. The van der Waals surface area contributed by atoms with E-state index in [0.29, 0.717) is 6.04 Å². The zero-order valence-corrected chi connectivity index (χ0v) is 10.7. The van der Waals surface area contributed by atoms with Gasteiger partial charge in [-0.05, 0) is 26.0 Å². The maximum Gasteiger partial charge on any atom is 0.0900 e. The van der Waals surface area contributed by atoms with Crippen LogP contribution in [-0.2, 0) is 4.74 Å². The van der Waals surface area contributed by atoms with Crippen LogP contribution >= 0.6 is 0 Å². The molecular formula is C14H22N2O. The van der Waals surface area contributed by atoms with Gasteiger partial charge in [-0.3, -0.25) is 0 Å². The summed E-state index contributed by atoms with van der Waals surface area (Å²) >= 11 is 0. The molecule has 0 aromatic heterocycles. The largest absolute Gasteiger partial charge is 0.373 e. The Morgan fingerprint density at radius 1 is 1.41 bits per heavy atom. The van der Waals surface area contributed by atoms with E-state index in [2.05, 4.69) is 54.4 Å². The van der Waals surface area contributed by atoms with Crippen LogP contribution in [0, 0.1) is 0 Å². The topological polar surface area (TPSA) is 24.5 Å². The van der Waals surface area contributed by atoms with Crippen LogP contribution in [0.15, 0.2) is 30.3 Å². The van der Waals surface area contributed by atoms with E-state index in [1.807, 2.05) is 0 Å². The van der Waals surface area contributed by atoms with E-state index < -0.39 is 0 Å². The molecule has 1 aromatic rings. The number of nitrogens with one attached hydrogen (secondary N) is 1. The highest BCUT2D eigenvalue weighted by Crippen LogP contribution is 2.19. The average molecular weight is 234 g/mol. The summed E-state index contributed by atoms with van der Waals surface area (Å²) in [6.07, 6.45) is 0.281. The van der Waals surface area contributed by atoms with Gasteiger partial charge in [-0.1, -0.05) is 18.2 Å². The molecule has 0 bridgehead atoms. The number of hydrogen-bond donors (Lipinski definition) is 1. The summed E-state index contributed by atoms with van der Waals surface area (Å²) in [6, 6.07) is 11.0. The SMILES string of the molecule is CCN(c1ccccc1)C(C)C1CNCCO1. The smallest absolute Gasteiger partial charge is 0.0900 e. The first-order chi connectivity index (χ1) is 8.33. The summed E-state index contributed by atoms with van der Waals surface area (Å²) in [5.74, 6) is 0. The molecule has 2 atom stereocenters. The predicted molar refractivity (Wildman–Crippen MR) is 71.5 cm³/mol. The number of para-hydroxylation sites is 1. The van der Waals surface area contributed by atoms with Crippen molar-refractivity contribution in [2.45, 2.75) is 26.0 Å². The minimum Gasteiger partial charge on any atom is -0.373 e. The minimum atomic E-state index is 0.281. The van der Waals surface area contributed by atoms with Gasteiger partial charge < -0.3 is 15.0 Å². The first kappa shape index (κ1) is 12.4. The van der Waals surface area contributed by atoms with Gasteiger partial charge in [0.25, 0.3) is 0 Å². The van der Waals surface area contributed by atoms with E-state index in [-0.39, 0.29) is 6.10 Å². The lowest BCUT2D eigenvalue weighted by atomic mass is 10.1. The number of benzene rings is 1. The van der Waals surface area contributed by atoms with Crippen molar-refractivity contribution in [3.05, 3.63) is 30.3 Å². The van der Waals surface area contributed by atoms with Gasteiger partial charge in [0.1, 0.15) is 0 Å². The fraction of sp³-hybridized carbons (Fsp3) is 0.571. The molecule has 0 spiro atoms. The van der Waals surface area contributed by atoms with Crippen LogP contribution < -0.4 is 10.2 Å². The molecule has 2 rings (SSSR count). The third kappa shape index (κ3) is 2.99. The van der Waals surface area contributed by atoms with Gasteiger partial charge in [0.15, 0.2) is 0 Å². The highest BCUT2D eigenvalue weighted by molar-refractivity contribution is 5.47. The highest BCUT2D eigenvalue weighted by Gasteiger charge is 2.25. The fourth-order valence-electron chi connectivity index (χ4n) is 2.42. The van der Waals surface area contributed by atoms with Gasteiger partial charge in [-0.2, -0.15) is 0 Å². The second kappa shape index (κ2) is 6.03. The van der Waals surface area contributed by atoms with Gasteiger partial charge >= 0.3 is 0 Å². The van der Waals surface area contributed by atoms with Gasteiger partial charge in [0.05, 0.1) is 18.8 Å². The third-order valence-electron chi connectivity index (χ3n) is 3.41. The Hall–Kier alpha value is -1.06. The lowest BCUT2D eigenvalue weighted by Gasteiger charge is -2.37. The van der Waals surface area contributed by atoms with Crippen LogP contribution in [0.25, 0.3) is 0 Å². The molecule has 3 heteroatoms. The monoisotopic (exact) mass is 234 g/mol. The zero-order chi connectivity index (χ0) is 12.1. The van der Waals surface area contributed by atoms with E-state index in [1.54, 1.807) is 0 Å². The second-order valence-corrected chi connectivity index (χ2v) is 4.48. The molecule has 1 saturated heterocycles. The van der Waals surface area contributed by atoms with Gasteiger partial charge in [-0.15, -0.1) is 0 Å². The van der Waals surface area contributed by atoms with E-state index in [1.165, 1.54) is 5.69 Å². The van der Waals surface area contributed by atoms with Crippen molar-refractivity contribution in [3.63, 3.8) is 0 Å². The van der Waals surface area contributed by atoms with Crippen molar-refractivity contribution in [3.8, 4) is 0 Å². The summed E-state index contributed by atoms with van der Waals surface area (Å²) in [5, 5.41) is 3.39. The number of rotatable bonds is 4. The van der Waals surface area contributed by atoms with E-state index in [0.717, 1.165) is 26.2 Å². The second-order valence-electron chi connectivity index (χ2n) is 4.48. The molecule has 1 fully saturated rings. The van der Waals surface area contributed by atoms with Gasteiger partial charge in [0.2, 0.25) is 0 Å². The van der Waals surface area contributed by atoms with Crippen molar-refractivity contribution in [1.29, 1.82) is 0 Å². The summed E-state index contributed by atoms with van der Waals surface area (Å²) in [7, 11) is 0. The lowest BCUT2D eigenvalue weighted by molar-refractivity contribution is 0.0146. The predicted octanol–water partition coefficient (Wildman–Crippen LogP) is 1.89. The Balaban J connectivity index is 2.07. The van der Waals surface area contributed by atoms with Crippen LogP contribution in [0.2, 0.25) is 0 Å². The number of anilines is 1. The average Bonchev–Trinajstić information content (AvgIpc) is 2.42. The Kier molecular flexibility index (Phi) is 4.40. The summed E-state index contributed by atoms with van der Waals surface area (Å²) in [4.78, 5) is 2.40.